The molecule has 1 rings (SSSR count). The maximum atomic E-state index is 10.5. The van der Waals surface area contributed by atoms with Crippen LogP contribution >= 0.6 is 15.9 Å². The van der Waals surface area contributed by atoms with Gasteiger partial charge in [-0.25, -0.2) is 0 Å². The van der Waals surface area contributed by atoms with Crippen LogP contribution in [-0.4, -0.2) is 20.7 Å². The molecule has 0 aliphatic rings. The fourth-order valence-electron chi connectivity index (χ4n) is 1.06. The molecule has 0 fully saturated rings. The van der Waals surface area contributed by atoms with E-state index in [1.54, 1.807) is 12.1 Å². The van der Waals surface area contributed by atoms with E-state index in [-0.39, 0.29) is 30.6 Å². The Balaban J connectivity index is 2.99. The van der Waals surface area contributed by atoms with Gasteiger partial charge in [-0.2, -0.15) is 0 Å². The predicted octanol–water partition coefficient (Wildman–Crippen LogP) is 2.91. The van der Waals surface area contributed by atoms with E-state index < -0.39 is 0 Å². The van der Waals surface area contributed by atoms with E-state index >= 15 is 0 Å². The van der Waals surface area contributed by atoms with Gasteiger partial charge in [0.1, 0.15) is 0 Å². The summed E-state index contributed by atoms with van der Waals surface area (Å²) in [5.74, 6) is 0. The summed E-state index contributed by atoms with van der Waals surface area (Å²) in [7, 11) is 0. The van der Waals surface area contributed by atoms with Gasteiger partial charge in [0, 0.05) is 0 Å². The molecule has 0 unspecified atom stereocenters. The Hall–Kier alpha value is -0.342. The third-order valence-electron chi connectivity index (χ3n) is 1.60. The summed E-state index contributed by atoms with van der Waals surface area (Å²) in [6.07, 6.45) is 0. The van der Waals surface area contributed by atoms with Crippen molar-refractivity contribution in [3.63, 3.8) is 0 Å². The first-order valence-corrected chi connectivity index (χ1v) is 7.13. The normalized spacial score (nSPS) is 12.3. The van der Waals surface area contributed by atoms with Gasteiger partial charge in [-0.05, 0) is 0 Å². The van der Waals surface area contributed by atoms with Crippen LogP contribution in [-0.2, 0) is 0 Å². The fraction of sp³-hybridized carbons (Fsp3) is 0.400. The molecule has 1 aromatic carbocycles. The van der Waals surface area contributed by atoms with Crippen molar-refractivity contribution < 1.29 is 4.92 Å². The van der Waals surface area contributed by atoms with E-state index in [0.717, 1.165) is 4.47 Å². The van der Waals surface area contributed by atoms with E-state index in [9.17, 15) is 10.1 Å². The van der Waals surface area contributed by atoms with Crippen LogP contribution in [0.4, 0.5) is 5.69 Å². The van der Waals surface area contributed by atoms with Crippen LogP contribution in [0.2, 0.25) is 4.20 Å². The summed E-state index contributed by atoms with van der Waals surface area (Å²) >= 11 is 3.40. The molecule has 0 aliphatic heterocycles. The molecule has 0 atom stereocenters. The Morgan fingerprint density at radius 2 is 2.00 bits per heavy atom. The van der Waals surface area contributed by atoms with Gasteiger partial charge in [0.15, 0.2) is 0 Å². The number of hydrogen-bond acceptors (Lipinski definition) is 2. The first kappa shape index (κ1) is 12.7. The third kappa shape index (κ3) is 3.96. The number of nitrogens with zero attached hydrogens (tertiary/aromatic N) is 1. The van der Waals surface area contributed by atoms with E-state index in [0.29, 0.717) is 0 Å². The van der Waals surface area contributed by atoms with Crippen molar-refractivity contribution in [2.24, 2.45) is 0 Å². The van der Waals surface area contributed by atoms with Crippen molar-refractivity contribution in [3.05, 3.63) is 32.8 Å². The summed E-state index contributed by atoms with van der Waals surface area (Å²) < 4.78 is 2.32. The maximum absolute atomic E-state index is 10.5. The Labute approximate surface area is 104 Å². The summed E-state index contributed by atoms with van der Waals surface area (Å²) in [6, 6.07) is 5.01. The summed E-state index contributed by atoms with van der Waals surface area (Å²) in [5.41, 5.74) is 0.140. The molecule has 0 N–H and O–H groups in total. The van der Waals surface area contributed by atoms with Gasteiger partial charge in [-0.15, -0.1) is 0 Å². The molecular weight excluding hydrogens is 321 g/mol. The van der Waals surface area contributed by atoms with Crippen LogP contribution in [0, 0.1) is 10.1 Å². The summed E-state index contributed by atoms with van der Waals surface area (Å²) in [5, 5.41) is 10.5. The molecule has 0 spiro atoms. The molecule has 0 saturated carbocycles. The summed E-state index contributed by atoms with van der Waals surface area (Å²) in [6.45, 7) is 6.54. The molecule has 15 heavy (non-hydrogen) atoms. The molecule has 0 saturated heterocycles. The molecular formula is C10H12AsBrNO2. The van der Waals surface area contributed by atoms with Crippen LogP contribution < -0.4 is 4.35 Å². The third-order valence-corrected chi connectivity index (χ3v) is 5.65. The number of nitro benzene ring substituents is 1. The molecule has 1 radical (unpaired) electrons. The number of hydrogen-bond donors (Lipinski definition) is 0. The van der Waals surface area contributed by atoms with Crippen molar-refractivity contribution in [2.45, 2.75) is 25.0 Å². The molecule has 0 amide bonds. The van der Waals surface area contributed by atoms with Crippen LogP contribution in [0.15, 0.2) is 22.7 Å². The number of non-ortho nitro benzene ring substituents is 1. The van der Waals surface area contributed by atoms with Gasteiger partial charge in [0.2, 0.25) is 0 Å². The number of benzene rings is 1. The minimum absolute atomic E-state index is 0.0126. The molecule has 5 heteroatoms. The second-order valence-corrected chi connectivity index (χ2v) is 9.32. The Morgan fingerprint density at radius 3 is 2.40 bits per heavy atom. The van der Waals surface area contributed by atoms with Gasteiger partial charge in [-0.3, -0.25) is 0 Å². The zero-order chi connectivity index (χ0) is 11.6. The quantitative estimate of drug-likeness (QED) is 0.475. The first-order chi connectivity index (χ1) is 6.79. The van der Waals surface area contributed by atoms with Gasteiger partial charge >= 0.3 is 104 Å². The van der Waals surface area contributed by atoms with E-state index in [2.05, 4.69) is 36.7 Å². The Morgan fingerprint density at radius 1 is 1.40 bits per heavy atom. The molecule has 0 bridgehead atoms. The van der Waals surface area contributed by atoms with Gasteiger partial charge in [0.05, 0.1) is 0 Å². The number of rotatable bonds is 2. The molecule has 0 heterocycles. The average Bonchev–Trinajstić information content (AvgIpc) is 2.05. The second kappa shape index (κ2) is 4.67. The second-order valence-electron chi connectivity index (χ2n) is 4.18. The zero-order valence-corrected chi connectivity index (χ0v) is 12.3. The Kier molecular flexibility index (Phi) is 3.96. The van der Waals surface area contributed by atoms with Crippen molar-refractivity contribution in [1.82, 2.24) is 0 Å². The average molecular weight is 333 g/mol. The van der Waals surface area contributed by atoms with Crippen molar-refractivity contribution in [1.29, 1.82) is 0 Å². The van der Waals surface area contributed by atoms with Crippen LogP contribution in [0.3, 0.4) is 0 Å². The fourth-order valence-corrected chi connectivity index (χ4v) is 4.08. The van der Waals surface area contributed by atoms with Crippen LogP contribution in [0.25, 0.3) is 0 Å². The Bertz CT molecular complexity index is 387. The molecule has 3 nitrogen and oxygen atoms in total. The van der Waals surface area contributed by atoms with Gasteiger partial charge < -0.3 is 0 Å². The molecule has 0 aliphatic carbocycles. The van der Waals surface area contributed by atoms with Gasteiger partial charge in [0.25, 0.3) is 0 Å². The predicted molar refractivity (Wildman–Crippen MR) is 65.9 cm³/mol. The molecule has 81 valence electrons. The SMILES string of the molecule is CC(C)(C)[As]c1ccc([N+](=O)[O-])cc1Br. The topological polar surface area (TPSA) is 43.1 Å². The molecule has 0 aromatic heterocycles. The van der Waals surface area contributed by atoms with E-state index in [4.69, 9.17) is 0 Å². The van der Waals surface area contributed by atoms with Crippen LogP contribution in [0.1, 0.15) is 20.8 Å². The van der Waals surface area contributed by atoms with Crippen molar-refractivity contribution in [2.75, 3.05) is 0 Å². The van der Waals surface area contributed by atoms with Crippen molar-refractivity contribution in [3.8, 4) is 0 Å². The monoisotopic (exact) mass is 332 g/mol. The van der Waals surface area contributed by atoms with E-state index in [1.165, 1.54) is 4.35 Å². The minimum atomic E-state index is -0.373. The molecule has 1 aromatic rings. The number of halogens is 1. The van der Waals surface area contributed by atoms with Crippen molar-refractivity contribution >= 4 is 41.7 Å². The number of nitro groups is 1. The van der Waals surface area contributed by atoms with E-state index in [1.807, 2.05) is 6.07 Å². The standard InChI is InChI=1S/C10H12AsBrNO2/c1-10(2,3)11-8-5-4-7(13(14)15)6-9(8)12/h4-6H,1-3H3. The first-order valence-electron chi connectivity index (χ1n) is 4.46. The zero-order valence-electron chi connectivity index (χ0n) is 8.82. The van der Waals surface area contributed by atoms with Crippen LogP contribution in [0.5, 0.6) is 0 Å². The van der Waals surface area contributed by atoms with Gasteiger partial charge in [-0.1, -0.05) is 0 Å². The summed E-state index contributed by atoms with van der Waals surface area (Å²) in [4.78, 5) is 10.2.